The molecule has 0 atom stereocenters. The maximum absolute atomic E-state index is 8.46. The third-order valence-corrected chi connectivity index (χ3v) is 0. The molecule has 5 heavy (non-hydrogen) atoms. The minimum Gasteiger partial charge on any atom is -1.00 e. The van der Waals surface area contributed by atoms with Gasteiger partial charge in [-0.1, -0.05) is 0 Å². The van der Waals surface area contributed by atoms with Gasteiger partial charge in [0.1, 0.15) is 0 Å². The summed E-state index contributed by atoms with van der Waals surface area (Å²) >= 11 is 0. The van der Waals surface area contributed by atoms with Crippen molar-refractivity contribution in [3.8, 4) is 0 Å². The van der Waals surface area contributed by atoms with Gasteiger partial charge in [0.15, 0.2) is 0 Å². The van der Waals surface area contributed by atoms with Gasteiger partial charge >= 0.3 is 60.1 Å². The first-order valence-corrected chi connectivity index (χ1v) is 1.15. The van der Waals surface area contributed by atoms with Gasteiger partial charge in [0.25, 0.3) is 0 Å². The first-order chi connectivity index (χ1) is 1.41. The van der Waals surface area contributed by atoms with Gasteiger partial charge in [-0.2, -0.15) is 0 Å². The minimum atomic E-state index is -0.833. The van der Waals surface area contributed by atoms with Crippen molar-refractivity contribution < 1.29 is 63.7 Å². The van der Waals surface area contributed by atoms with Crippen molar-refractivity contribution in [2.45, 2.75) is 0 Å². The molecule has 0 saturated heterocycles. The van der Waals surface area contributed by atoms with E-state index < -0.39 is 8.69 Å². The Kier molecular flexibility index (Phi) is 54.3. The fourth-order valence-electron chi connectivity index (χ4n) is 0. The fourth-order valence-corrected chi connectivity index (χ4v) is 0. The summed E-state index contributed by atoms with van der Waals surface area (Å²) in [7, 11) is -0.833. The summed E-state index contributed by atoms with van der Waals surface area (Å²) in [6.45, 7) is 0. The third-order valence-electron chi connectivity index (χ3n) is 0. The Morgan fingerprint density at radius 2 is 2.00 bits per heavy atom. The quantitative estimate of drug-likeness (QED) is 0.274. The Morgan fingerprint density at radius 1 is 2.00 bits per heavy atom. The van der Waals surface area contributed by atoms with Crippen LogP contribution < -0.4 is 51.4 Å². The van der Waals surface area contributed by atoms with Gasteiger partial charge in [0, 0.05) is 9.84 Å². The van der Waals surface area contributed by atoms with Gasteiger partial charge < -0.3 is 6.32 Å². The van der Waals surface area contributed by atoms with Crippen molar-refractivity contribution in [3.63, 3.8) is 0 Å². The molecule has 0 saturated carbocycles. The van der Waals surface area contributed by atoms with E-state index in [0.717, 1.165) is 0 Å². The molecule has 1 N–H and O–H groups in total. The molecule has 0 aromatic heterocycles. The van der Waals surface area contributed by atoms with E-state index in [1.165, 1.54) is 0 Å². The van der Waals surface area contributed by atoms with Crippen LogP contribution in [0.3, 0.4) is 0 Å². The molecule has 0 rings (SSSR count). The third kappa shape index (κ3) is 26.3. The summed E-state index contributed by atoms with van der Waals surface area (Å²) in [5.74, 6) is 0. The SMILES string of the molecule is O=PO.[B].[H-].[HH].[K+]. The van der Waals surface area contributed by atoms with Gasteiger partial charge in [-0.05, 0) is 0 Å². The Bertz CT molecular complexity index is 23.2. The molecule has 3 radical (unpaired) electrons. The fraction of sp³-hybridized carbons (Fsp3) is 0. The molecule has 2 nitrogen and oxygen atoms in total. The predicted molar refractivity (Wildman–Crippen MR) is 18.8 cm³/mol. The monoisotopic (exact) mass is 117 g/mol. The minimum absolute atomic E-state index is 0. The van der Waals surface area contributed by atoms with Crippen molar-refractivity contribution in [2.75, 3.05) is 0 Å². The van der Waals surface area contributed by atoms with Gasteiger partial charge in [0.2, 0.25) is 0 Å². The molecule has 0 aliphatic heterocycles. The Hall–Kier alpha value is 1.76. The van der Waals surface area contributed by atoms with Crippen molar-refractivity contribution in [2.24, 2.45) is 0 Å². The summed E-state index contributed by atoms with van der Waals surface area (Å²) < 4.78 is 8.46. The number of rotatable bonds is 0. The number of hydrogen-bond acceptors (Lipinski definition) is 1. The van der Waals surface area contributed by atoms with Gasteiger partial charge in [0.05, 0.1) is 0 Å². The average molecular weight is 117 g/mol. The second-order valence-corrected chi connectivity index (χ2v) is 0.245. The van der Waals surface area contributed by atoms with Crippen LogP contribution in [0.15, 0.2) is 0 Å². The van der Waals surface area contributed by atoms with Crippen LogP contribution in [-0.4, -0.2) is 13.3 Å². The molecule has 0 fully saturated rings. The van der Waals surface area contributed by atoms with E-state index in [4.69, 9.17) is 9.46 Å². The van der Waals surface area contributed by atoms with Crippen molar-refractivity contribution >= 4 is 17.1 Å². The van der Waals surface area contributed by atoms with Crippen molar-refractivity contribution in [1.82, 2.24) is 0 Å². The molecule has 5 heteroatoms. The molecular weight excluding hydrogens is 113 g/mol. The van der Waals surface area contributed by atoms with Crippen molar-refractivity contribution in [3.05, 3.63) is 0 Å². The van der Waals surface area contributed by atoms with E-state index in [0.29, 0.717) is 0 Å². The summed E-state index contributed by atoms with van der Waals surface area (Å²) in [6, 6.07) is 0. The van der Waals surface area contributed by atoms with E-state index in [9.17, 15) is 0 Å². The first-order valence-electron chi connectivity index (χ1n) is 0.383. The van der Waals surface area contributed by atoms with E-state index >= 15 is 0 Å². The molecule has 0 bridgehead atoms. The summed E-state index contributed by atoms with van der Waals surface area (Å²) in [5.41, 5.74) is 0. The standard InChI is InChI=1S/B.K.HO2P.H2.H/c;;1-3-2;;/h;;(H,1,2);1H;/q;+1;;;-1. The molecule has 25 valence electrons. The molecule has 0 heterocycles. The molecule has 0 aromatic carbocycles. The zero-order valence-electron chi connectivity index (χ0n) is 3.88. The summed E-state index contributed by atoms with van der Waals surface area (Å²) in [6.07, 6.45) is 0. The molecule has 0 aliphatic carbocycles. The average Bonchev–Trinajstić information content (AvgIpc) is 0.918. The topological polar surface area (TPSA) is 37.3 Å². The Labute approximate surface area is 79.6 Å². The Morgan fingerprint density at radius 3 is 2.00 bits per heavy atom. The maximum atomic E-state index is 8.46. The van der Waals surface area contributed by atoms with Crippen LogP contribution in [0.25, 0.3) is 0 Å². The van der Waals surface area contributed by atoms with Crippen LogP contribution >= 0.6 is 8.69 Å². The molecule has 0 amide bonds. The summed E-state index contributed by atoms with van der Waals surface area (Å²) in [5, 5.41) is 0. The van der Waals surface area contributed by atoms with Crippen LogP contribution in [0, 0.1) is 0 Å². The second-order valence-electron chi connectivity index (χ2n) is 0.0816. The largest absolute Gasteiger partial charge is 1.00 e. The zero-order valence-corrected chi connectivity index (χ0v) is 6.90. The Balaban J connectivity index is -0.00000000333. The molecule has 0 unspecified atom stereocenters. The molecule has 0 aromatic rings. The first kappa shape index (κ1) is 15.9. The van der Waals surface area contributed by atoms with Crippen LogP contribution in [0.4, 0.5) is 0 Å². The smallest absolute Gasteiger partial charge is 1.00 e. The van der Waals surface area contributed by atoms with E-state index in [1.807, 2.05) is 0 Å². The molecule has 0 aliphatic rings. The molecule has 0 spiro atoms. The van der Waals surface area contributed by atoms with Gasteiger partial charge in [-0.15, -0.1) is 0 Å². The van der Waals surface area contributed by atoms with Crippen molar-refractivity contribution in [1.29, 1.82) is 0 Å². The second kappa shape index (κ2) is 17.1. The summed E-state index contributed by atoms with van der Waals surface area (Å²) in [4.78, 5) is 6.99. The number of hydrogen-bond donors (Lipinski definition) is 1. The van der Waals surface area contributed by atoms with Gasteiger partial charge in [-0.3, -0.25) is 0 Å². The normalized spacial score (nSPS) is 4.20. The van der Waals surface area contributed by atoms with E-state index in [1.54, 1.807) is 0 Å². The zero-order chi connectivity index (χ0) is 2.71. The van der Waals surface area contributed by atoms with Crippen LogP contribution in [0.5, 0.6) is 0 Å². The predicted octanol–water partition coefficient (Wildman–Crippen LogP) is -2.83. The van der Waals surface area contributed by atoms with Crippen LogP contribution in [0.1, 0.15) is 2.85 Å². The van der Waals surface area contributed by atoms with Crippen LogP contribution in [0.2, 0.25) is 0 Å². The maximum Gasteiger partial charge on any atom is 1.00 e. The molecular formula is H4BKO2P. The van der Waals surface area contributed by atoms with Gasteiger partial charge in [-0.25, -0.2) is 4.57 Å². The van der Waals surface area contributed by atoms with E-state index in [-0.39, 0.29) is 62.7 Å². The van der Waals surface area contributed by atoms with Crippen LogP contribution in [-0.2, 0) is 4.57 Å². The van der Waals surface area contributed by atoms with E-state index in [2.05, 4.69) is 0 Å².